The van der Waals surface area contributed by atoms with Gasteiger partial charge in [0.05, 0.1) is 0 Å². The average Bonchev–Trinajstić information content (AvgIpc) is 2.80. The maximum Gasteiger partial charge on any atom is 0.182 e. The molecule has 0 amide bonds. The zero-order valence-electron chi connectivity index (χ0n) is 6.86. The third-order valence-corrected chi connectivity index (χ3v) is 2.88. The molecule has 0 bridgehead atoms. The minimum absolute atomic E-state index is 0.314. The molecule has 1 aliphatic carbocycles. The van der Waals surface area contributed by atoms with Crippen LogP contribution >= 0.6 is 11.3 Å². The summed E-state index contributed by atoms with van der Waals surface area (Å²) in [5.41, 5.74) is 5.91. The highest BCUT2D eigenvalue weighted by Gasteiger charge is 2.28. The van der Waals surface area contributed by atoms with Crippen LogP contribution in [0, 0.1) is 5.92 Å². The van der Waals surface area contributed by atoms with Crippen molar-refractivity contribution >= 4 is 16.5 Å². The first-order valence-electron chi connectivity index (χ1n) is 4.25. The first-order valence-corrected chi connectivity index (χ1v) is 5.13. The van der Waals surface area contributed by atoms with Crippen LogP contribution in [0.2, 0.25) is 0 Å². The number of hydrogen-bond acceptors (Lipinski definition) is 4. The molecule has 1 aromatic rings. The molecular weight excluding hydrogens is 170 g/mol. The lowest BCUT2D eigenvalue weighted by Crippen LogP contribution is -2.30. The van der Waals surface area contributed by atoms with E-state index < -0.39 is 0 Å². The predicted molar refractivity (Wildman–Crippen MR) is 51.3 cm³/mol. The Bertz CT molecular complexity index is 230. The van der Waals surface area contributed by atoms with Crippen molar-refractivity contribution in [2.45, 2.75) is 18.9 Å². The van der Waals surface area contributed by atoms with Crippen LogP contribution in [-0.2, 0) is 0 Å². The summed E-state index contributed by atoms with van der Waals surface area (Å²) in [6.07, 6.45) is 4.41. The van der Waals surface area contributed by atoms with Crippen molar-refractivity contribution in [1.29, 1.82) is 0 Å². The maximum atomic E-state index is 5.91. The lowest BCUT2D eigenvalue weighted by Gasteiger charge is -2.09. The molecular formula is C8H13N3S. The Hall–Kier alpha value is -0.610. The van der Waals surface area contributed by atoms with Crippen LogP contribution in [0.15, 0.2) is 11.6 Å². The lowest BCUT2D eigenvalue weighted by atomic mass is 10.2. The van der Waals surface area contributed by atoms with E-state index in [4.69, 9.17) is 5.73 Å². The molecule has 1 unspecified atom stereocenters. The van der Waals surface area contributed by atoms with Gasteiger partial charge in [-0.05, 0) is 18.8 Å². The van der Waals surface area contributed by atoms with Gasteiger partial charge in [0, 0.05) is 24.2 Å². The summed E-state index contributed by atoms with van der Waals surface area (Å²) in [7, 11) is 0. The molecule has 0 radical (unpaired) electrons. The Labute approximate surface area is 76.0 Å². The molecule has 0 aromatic carbocycles. The van der Waals surface area contributed by atoms with Crippen LogP contribution < -0.4 is 11.1 Å². The SMILES string of the molecule is NC(CNc1nccs1)C1CC1. The number of aromatic nitrogens is 1. The largest absolute Gasteiger partial charge is 0.360 e. The Kier molecular flexibility index (Phi) is 2.28. The van der Waals surface area contributed by atoms with Gasteiger partial charge in [-0.15, -0.1) is 11.3 Å². The Morgan fingerprint density at radius 2 is 2.58 bits per heavy atom. The van der Waals surface area contributed by atoms with Crippen molar-refractivity contribution < 1.29 is 0 Å². The van der Waals surface area contributed by atoms with E-state index in [9.17, 15) is 0 Å². The molecule has 0 aliphatic heterocycles. The van der Waals surface area contributed by atoms with E-state index in [0.717, 1.165) is 17.6 Å². The molecule has 1 saturated carbocycles. The van der Waals surface area contributed by atoms with Crippen LogP contribution in [0.1, 0.15) is 12.8 Å². The summed E-state index contributed by atoms with van der Waals surface area (Å²) in [5.74, 6) is 0.762. The first-order chi connectivity index (χ1) is 5.86. The standard InChI is InChI=1S/C8H13N3S/c9-7(6-1-2-6)5-11-8-10-3-4-12-8/h3-4,6-7H,1-2,5,9H2,(H,10,11). The fraction of sp³-hybridized carbons (Fsp3) is 0.625. The van der Waals surface area contributed by atoms with E-state index in [1.807, 2.05) is 5.38 Å². The minimum atomic E-state index is 0.314. The number of thiazole rings is 1. The summed E-state index contributed by atoms with van der Waals surface area (Å²) >= 11 is 1.62. The summed E-state index contributed by atoms with van der Waals surface area (Å²) in [6.45, 7) is 0.859. The molecule has 0 spiro atoms. The summed E-state index contributed by atoms with van der Waals surface area (Å²) in [5, 5.41) is 6.17. The molecule has 1 heterocycles. The fourth-order valence-electron chi connectivity index (χ4n) is 1.21. The van der Waals surface area contributed by atoms with Crippen molar-refractivity contribution in [3.8, 4) is 0 Å². The Balaban J connectivity index is 1.74. The lowest BCUT2D eigenvalue weighted by molar-refractivity contribution is 0.621. The Morgan fingerprint density at radius 3 is 3.17 bits per heavy atom. The van der Waals surface area contributed by atoms with E-state index in [0.29, 0.717) is 6.04 Å². The van der Waals surface area contributed by atoms with Gasteiger partial charge in [-0.25, -0.2) is 4.98 Å². The first kappa shape index (κ1) is 8.01. The third kappa shape index (κ3) is 1.95. The van der Waals surface area contributed by atoms with Gasteiger partial charge >= 0.3 is 0 Å². The molecule has 1 aliphatic rings. The van der Waals surface area contributed by atoms with Crippen LogP contribution in [0.25, 0.3) is 0 Å². The molecule has 1 aromatic heterocycles. The van der Waals surface area contributed by atoms with Crippen LogP contribution in [0.3, 0.4) is 0 Å². The van der Waals surface area contributed by atoms with Gasteiger partial charge in [-0.3, -0.25) is 0 Å². The molecule has 3 nitrogen and oxygen atoms in total. The van der Waals surface area contributed by atoms with E-state index in [1.165, 1.54) is 12.8 Å². The van der Waals surface area contributed by atoms with Gasteiger partial charge in [0.15, 0.2) is 5.13 Å². The maximum absolute atomic E-state index is 5.91. The normalized spacial score (nSPS) is 19.1. The fourth-order valence-corrected chi connectivity index (χ4v) is 1.75. The van der Waals surface area contributed by atoms with Gasteiger partial charge in [-0.2, -0.15) is 0 Å². The van der Waals surface area contributed by atoms with Crippen molar-refractivity contribution in [1.82, 2.24) is 4.98 Å². The van der Waals surface area contributed by atoms with Crippen molar-refractivity contribution in [3.63, 3.8) is 0 Å². The van der Waals surface area contributed by atoms with Crippen LogP contribution in [-0.4, -0.2) is 17.6 Å². The van der Waals surface area contributed by atoms with Gasteiger partial charge in [-0.1, -0.05) is 0 Å². The van der Waals surface area contributed by atoms with E-state index in [2.05, 4.69) is 10.3 Å². The topological polar surface area (TPSA) is 50.9 Å². The van der Waals surface area contributed by atoms with Crippen molar-refractivity contribution in [3.05, 3.63) is 11.6 Å². The van der Waals surface area contributed by atoms with Gasteiger partial charge in [0.2, 0.25) is 0 Å². The molecule has 66 valence electrons. The highest BCUT2D eigenvalue weighted by molar-refractivity contribution is 7.13. The smallest absolute Gasteiger partial charge is 0.182 e. The molecule has 0 saturated heterocycles. The van der Waals surface area contributed by atoms with Gasteiger partial charge < -0.3 is 11.1 Å². The van der Waals surface area contributed by atoms with E-state index in [1.54, 1.807) is 17.5 Å². The summed E-state index contributed by atoms with van der Waals surface area (Å²) in [4.78, 5) is 4.12. The molecule has 3 N–H and O–H groups in total. The van der Waals surface area contributed by atoms with Crippen molar-refractivity contribution in [2.75, 3.05) is 11.9 Å². The molecule has 4 heteroatoms. The van der Waals surface area contributed by atoms with Gasteiger partial charge in [0.1, 0.15) is 0 Å². The zero-order chi connectivity index (χ0) is 8.39. The number of nitrogens with one attached hydrogen (secondary N) is 1. The van der Waals surface area contributed by atoms with E-state index in [-0.39, 0.29) is 0 Å². The highest BCUT2D eigenvalue weighted by Crippen LogP contribution is 2.31. The highest BCUT2D eigenvalue weighted by atomic mass is 32.1. The minimum Gasteiger partial charge on any atom is -0.360 e. The number of nitrogens with two attached hydrogens (primary N) is 1. The predicted octanol–water partition coefficient (Wildman–Crippen LogP) is 1.29. The van der Waals surface area contributed by atoms with Crippen LogP contribution in [0.4, 0.5) is 5.13 Å². The summed E-state index contributed by atoms with van der Waals surface area (Å²) < 4.78 is 0. The van der Waals surface area contributed by atoms with Crippen LogP contribution in [0.5, 0.6) is 0 Å². The zero-order valence-corrected chi connectivity index (χ0v) is 7.68. The second kappa shape index (κ2) is 3.41. The van der Waals surface area contributed by atoms with E-state index >= 15 is 0 Å². The molecule has 1 fully saturated rings. The monoisotopic (exact) mass is 183 g/mol. The quantitative estimate of drug-likeness (QED) is 0.739. The molecule has 12 heavy (non-hydrogen) atoms. The molecule has 2 rings (SSSR count). The van der Waals surface area contributed by atoms with Crippen molar-refractivity contribution in [2.24, 2.45) is 11.7 Å². The average molecular weight is 183 g/mol. The van der Waals surface area contributed by atoms with Gasteiger partial charge in [0.25, 0.3) is 0 Å². The number of nitrogens with zero attached hydrogens (tertiary/aromatic N) is 1. The number of rotatable bonds is 4. The second-order valence-corrected chi connectivity index (χ2v) is 4.11. The number of hydrogen-bond donors (Lipinski definition) is 2. The second-order valence-electron chi connectivity index (χ2n) is 3.22. The third-order valence-electron chi connectivity index (χ3n) is 2.15. The summed E-state index contributed by atoms with van der Waals surface area (Å²) in [6, 6.07) is 0.314. The number of anilines is 1. The Morgan fingerprint density at radius 1 is 1.75 bits per heavy atom. The molecule has 1 atom stereocenters.